The fraction of sp³-hybridized carbons (Fsp3) is 0.625. The van der Waals surface area contributed by atoms with E-state index in [2.05, 4.69) is 10.6 Å². The molecular formula is C16H22N2O2S. The average molecular weight is 306 g/mol. The Morgan fingerprint density at radius 1 is 1.24 bits per heavy atom. The molecule has 0 aromatic carbocycles. The summed E-state index contributed by atoms with van der Waals surface area (Å²) in [5.41, 5.74) is 0.624. The first kappa shape index (κ1) is 14.6. The van der Waals surface area contributed by atoms with E-state index in [-0.39, 0.29) is 18.4 Å². The van der Waals surface area contributed by atoms with Crippen LogP contribution < -0.4 is 10.6 Å². The van der Waals surface area contributed by atoms with Gasteiger partial charge in [-0.3, -0.25) is 9.59 Å². The second-order valence-electron chi connectivity index (χ2n) is 6.17. The van der Waals surface area contributed by atoms with Crippen LogP contribution in [0.5, 0.6) is 0 Å². The maximum atomic E-state index is 11.9. The van der Waals surface area contributed by atoms with E-state index in [0.29, 0.717) is 17.5 Å². The number of hydrogen-bond acceptors (Lipinski definition) is 3. The molecule has 2 amide bonds. The summed E-state index contributed by atoms with van der Waals surface area (Å²) >= 11 is 1.48. The van der Waals surface area contributed by atoms with Gasteiger partial charge in [0.1, 0.15) is 0 Å². The van der Waals surface area contributed by atoms with Gasteiger partial charge in [0.25, 0.3) is 5.91 Å². The fourth-order valence-electron chi connectivity index (χ4n) is 3.38. The molecule has 0 spiro atoms. The Kier molecular flexibility index (Phi) is 4.58. The number of hydrogen-bond donors (Lipinski definition) is 2. The van der Waals surface area contributed by atoms with Gasteiger partial charge in [0.15, 0.2) is 0 Å². The van der Waals surface area contributed by atoms with Crippen LogP contribution in [0.2, 0.25) is 0 Å². The monoisotopic (exact) mass is 306 g/mol. The molecule has 2 atom stereocenters. The molecule has 0 saturated heterocycles. The third kappa shape index (κ3) is 3.84. The lowest BCUT2D eigenvalue weighted by Gasteiger charge is -2.21. The Morgan fingerprint density at radius 2 is 2.05 bits per heavy atom. The molecule has 0 aliphatic heterocycles. The van der Waals surface area contributed by atoms with E-state index in [1.54, 1.807) is 11.4 Å². The molecular weight excluding hydrogens is 284 g/mol. The lowest BCUT2D eigenvalue weighted by Crippen LogP contribution is -2.38. The summed E-state index contributed by atoms with van der Waals surface area (Å²) in [6.07, 6.45) is 7.83. The van der Waals surface area contributed by atoms with Gasteiger partial charge in [0, 0.05) is 17.0 Å². The SMILES string of the molecule is O=C(CNC(=O)c1ccsc1)NC1CC1C1CCCCC1. The fourth-order valence-corrected chi connectivity index (χ4v) is 4.01. The van der Waals surface area contributed by atoms with Crippen LogP contribution in [0.3, 0.4) is 0 Å². The molecule has 2 aliphatic rings. The molecule has 1 aromatic heterocycles. The zero-order chi connectivity index (χ0) is 14.7. The normalized spacial score (nSPS) is 25.3. The van der Waals surface area contributed by atoms with Crippen molar-refractivity contribution in [2.75, 3.05) is 6.54 Å². The molecule has 5 heteroatoms. The molecule has 2 saturated carbocycles. The molecule has 1 heterocycles. The first-order chi connectivity index (χ1) is 10.2. The number of amides is 2. The van der Waals surface area contributed by atoms with Crippen molar-refractivity contribution in [2.24, 2.45) is 11.8 Å². The van der Waals surface area contributed by atoms with E-state index < -0.39 is 0 Å². The number of carbonyl (C=O) groups is 2. The lowest BCUT2D eigenvalue weighted by atomic mass is 9.85. The van der Waals surface area contributed by atoms with Crippen LogP contribution in [0, 0.1) is 11.8 Å². The Balaban J connectivity index is 1.36. The topological polar surface area (TPSA) is 58.2 Å². The highest BCUT2D eigenvalue weighted by Gasteiger charge is 2.43. The van der Waals surface area contributed by atoms with E-state index in [1.807, 2.05) is 5.38 Å². The second-order valence-corrected chi connectivity index (χ2v) is 6.95. The quantitative estimate of drug-likeness (QED) is 0.878. The minimum Gasteiger partial charge on any atom is -0.352 e. The van der Waals surface area contributed by atoms with E-state index in [9.17, 15) is 9.59 Å². The van der Waals surface area contributed by atoms with Crippen LogP contribution in [0.1, 0.15) is 48.9 Å². The number of nitrogens with one attached hydrogen (secondary N) is 2. The van der Waals surface area contributed by atoms with Gasteiger partial charge in [0.05, 0.1) is 6.54 Å². The first-order valence-corrected chi connectivity index (χ1v) is 8.78. The van der Waals surface area contributed by atoms with Crippen molar-refractivity contribution in [3.63, 3.8) is 0 Å². The van der Waals surface area contributed by atoms with Gasteiger partial charge >= 0.3 is 0 Å². The predicted molar refractivity (Wildman–Crippen MR) is 83.3 cm³/mol. The lowest BCUT2D eigenvalue weighted by molar-refractivity contribution is -0.120. The molecule has 3 rings (SSSR count). The number of carbonyl (C=O) groups excluding carboxylic acids is 2. The van der Waals surface area contributed by atoms with Gasteiger partial charge in [-0.15, -0.1) is 0 Å². The van der Waals surface area contributed by atoms with Crippen LogP contribution in [0.15, 0.2) is 16.8 Å². The summed E-state index contributed by atoms with van der Waals surface area (Å²) in [6, 6.07) is 2.11. The van der Waals surface area contributed by atoms with Crippen molar-refractivity contribution >= 4 is 23.2 Å². The Morgan fingerprint density at radius 3 is 2.76 bits per heavy atom. The van der Waals surface area contributed by atoms with E-state index in [4.69, 9.17) is 0 Å². The van der Waals surface area contributed by atoms with Gasteiger partial charge in [0.2, 0.25) is 5.91 Å². The highest BCUT2D eigenvalue weighted by atomic mass is 32.1. The van der Waals surface area contributed by atoms with E-state index in [1.165, 1.54) is 43.4 Å². The minimum absolute atomic E-state index is 0.0677. The van der Waals surface area contributed by atoms with Crippen molar-refractivity contribution < 1.29 is 9.59 Å². The summed E-state index contributed by atoms with van der Waals surface area (Å²) in [6.45, 7) is 0.0720. The Hall–Kier alpha value is -1.36. The Labute approximate surface area is 129 Å². The molecule has 21 heavy (non-hydrogen) atoms. The van der Waals surface area contributed by atoms with Gasteiger partial charge in [-0.05, 0) is 29.7 Å². The second kappa shape index (κ2) is 6.60. The smallest absolute Gasteiger partial charge is 0.252 e. The van der Waals surface area contributed by atoms with Crippen molar-refractivity contribution in [1.29, 1.82) is 0 Å². The van der Waals surface area contributed by atoms with Crippen molar-refractivity contribution in [3.8, 4) is 0 Å². The van der Waals surface area contributed by atoms with Crippen LogP contribution >= 0.6 is 11.3 Å². The third-order valence-corrected chi connectivity index (χ3v) is 5.32. The van der Waals surface area contributed by atoms with Crippen LogP contribution in [0.4, 0.5) is 0 Å². The third-order valence-electron chi connectivity index (χ3n) is 4.63. The minimum atomic E-state index is -0.175. The molecule has 2 fully saturated rings. The molecule has 1 aromatic rings. The largest absolute Gasteiger partial charge is 0.352 e. The average Bonchev–Trinajstić information content (AvgIpc) is 3.04. The molecule has 2 unspecified atom stereocenters. The van der Waals surface area contributed by atoms with Gasteiger partial charge in [-0.25, -0.2) is 0 Å². The van der Waals surface area contributed by atoms with Crippen molar-refractivity contribution in [1.82, 2.24) is 10.6 Å². The molecule has 2 N–H and O–H groups in total. The van der Waals surface area contributed by atoms with Gasteiger partial charge < -0.3 is 10.6 Å². The molecule has 4 nitrogen and oxygen atoms in total. The number of thiophene rings is 1. The molecule has 0 radical (unpaired) electrons. The zero-order valence-electron chi connectivity index (χ0n) is 12.1. The Bertz CT molecular complexity index is 494. The summed E-state index contributed by atoms with van der Waals surface area (Å²) in [5, 5.41) is 9.36. The van der Waals surface area contributed by atoms with Crippen LogP contribution in [0.25, 0.3) is 0 Å². The summed E-state index contributed by atoms with van der Waals surface area (Å²) in [4.78, 5) is 23.6. The standard InChI is InChI=1S/C16H22N2O2S/c19-15(9-17-16(20)12-6-7-21-10-12)18-14-8-13(14)11-4-2-1-3-5-11/h6-7,10-11,13-14H,1-5,8-9H2,(H,17,20)(H,18,19). The first-order valence-electron chi connectivity index (χ1n) is 7.84. The molecule has 2 aliphatic carbocycles. The zero-order valence-corrected chi connectivity index (χ0v) is 13.0. The summed E-state index contributed by atoms with van der Waals surface area (Å²) in [7, 11) is 0. The maximum Gasteiger partial charge on any atom is 0.252 e. The number of rotatable bonds is 5. The van der Waals surface area contributed by atoms with Crippen molar-refractivity contribution in [2.45, 2.75) is 44.6 Å². The van der Waals surface area contributed by atoms with Crippen molar-refractivity contribution in [3.05, 3.63) is 22.4 Å². The predicted octanol–water partition coefficient (Wildman–Crippen LogP) is 2.56. The summed E-state index contributed by atoms with van der Waals surface area (Å²) < 4.78 is 0. The van der Waals surface area contributed by atoms with E-state index >= 15 is 0 Å². The van der Waals surface area contributed by atoms with Crippen LogP contribution in [-0.4, -0.2) is 24.4 Å². The van der Waals surface area contributed by atoms with Gasteiger partial charge in [-0.1, -0.05) is 32.1 Å². The van der Waals surface area contributed by atoms with Gasteiger partial charge in [-0.2, -0.15) is 11.3 Å². The highest BCUT2D eigenvalue weighted by Crippen LogP contribution is 2.44. The molecule has 114 valence electrons. The maximum absolute atomic E-state index is 11.9. The molecule has 0 bridgehead atoms. The summed E-state index contributed by atoms with van der Waals surface area (Å²) in [5.74, 6) is 1.25. The van der Waals surface area contributed by atoms with Crippen LogP contribution in [-0.2, 0) is 4.79 Å². The van der Waals surface area contributed by atoms with E-state index in [0.717, 1.165) is 12.3 Å². The highest BCUT2D eigenvalue weighted by molar-refractivity contribution is 7.08.